The molecular weight excluding hydrogens is 242 g/mol. The number of fused-ring (bicyclic) bond motifs is 1. The van der Waals surface area contributed by atoms with Crippen LogP contribution < -0.4 is 10.2 Å². The first-order valence-corrected chi connectivity index (χ1v) is 6.66. The molecule has 0 unspecified atom stereocenters. The van der Waals surface area contributed by atoms with E-state index in [2.05, 4.69) is 25.5 Å². The summed E-state index contributed by atoms with van der Waals surface area (Å²) >= 11 is 0. The van der Waals surface area contributed by atoms with Crippen molar-refractivity contribution in [1.82, 2.24) is 25.0 Å². The van der Waals surface area contributed by atoms with Gasteiger partial charge in [0.15, 0.2) is 11.3 Å². The van der Waals surface area contributed by atoms with E-state index in [-0.39, 0.29) is 0 Å². The van der Waals surface area contributed by atoms with Gasteiger partial charge in [-0.05, 0) is 12.8 Å². The van der Waals surface area contributed by atoms with Crippen LogP contribution in [-0.4, -0.2) is 45.1 Å². The molecule has 2 heterocycles. The number of hydrogen-bond donors (Lipinski definition) is 1. The van der Waals surface area contributed by atoms with Crippen LogP contribution in [-0.2, 0) is 7.05 Å². The van der Waals surface area contributed by atoms with Crippen LogP contribution in [0.25, 0.3) is 11.2 Å². The van der Waals surface area contributed by atoms with Crippen molar-refractivity contribution in [2.75, 3.05) is 24.3 Å². The number of nitrogens with one attached hydrogen (secondary N) is 1. The highest BCUT2D eigenvalue weighted by Gasteiger charge is 2.19. The Hall–Kier alpha value is -1.92. The summed E-state index contributed by atoms with van der Waals surface area (Å²) in [5.41, 5.74) is 1.39. The van der Waals surface area contributed by atoms with Crippen molar-refractivity contribution in [1.29, 1.82) is 0 Å². The van der Waals surface area contributed by atoms with Crippen molar-refractivity contribution in [3.8, 4) is 0 Å². The maximum atomic E-state index is 4.57. The van der Waals surface area contributed by atoms with Crippen molar-refractivity contribution in [2.45, 2.75) is 31.7 Å². The SMILES string of the molecule is CN(C)c1nc(NC2CCCC2)c2nn(C)nc2n1. The van der Waals surface area contributed by atoms with Crippen LogP contribution in [0, 0.1) is 0 Å². The van der Waals surface area contributed by atoms with E-state index in [4.69, 9.17) is 0 Å². The minimum absolute atomic E-state index is 0.495. The van der Waals surface area contributed by atoms with Gasteiger partial charge in [-0.3, -0.25) is 0 Å². The summed E-state index contributed by atoms with van der Waals surface area (Å²) < 4.78 is 0. The minimum atomic E-state index is 0.495. The first-order chi connectivity index (χ1) is 9.13. The third-order valence-corrected chi connectivity index (χ3v) is 3.43. The second-order valence-electron chi connectivity index (χ2n) is 5.25. The Morgan fingerprint density at radius 2 is 1.89 bits per heavy atom. The topological polar surface area (TPSA) is 71.8 Å². The van der Waals surface area contributed by atoms with Gasteiger partial charge in [-0.15, -0.1) is 10.2 Å². The molecule has 1 aliphatic carbocycles. The Bertz CT molecular complexity index is 583. The first kappa shape index (κ1) is 12.1. The Balaban J connectivity index is 2.03. The number of anilines is 2. The second-order valence-corrected chi connectivity index (χ2v) is 5.25. The van der Waals surface area contributed by atoms with Crippen molar-refractivity contribution in [3.05, 3.63) is 0 Å². The van der Waals surface area contributed by atoms with Crippen molar-refractivity contribution < 1.29 is 0 Å². The summed E-state index contributed by atoms with van der Waals surface area (Å²) in [6.07, 6.45) is 4.96. The van der Waals surface area contributed by atoms with Crippen LogP contribution in [0.1, 0.15) is 25.7 Å². The number of aryl methyl sites for hydroxylation is 1. The van der Waals surface area contributed by atoms with Crippen LogP contribution in [0.3, 0.4) is 0 Å². The molecule has 1 fully saturated rings. The lowest BCUT2D eigenvalue weighted by Gasteiger charge is -2.15. The van der Waals surface area contributed by atoms with Crippen LogP contribution in [0.4, 0.5) is 11.8 Å². The van der Waals surface area contributed by atoms with Gasteiger partial charge in [0.2, 0.25) is 11.6 Å². The Morgan fingerprint density at radius 1 is 1.16 bits per heavy atom. The second kappa shape index (κ2) is 4.64. The molecule has 0 bridgehead atoms. The number of hydrogen-bond acceptors (Lipinski definition) is 6. The molecule has 0 amide bonds. The molecule has 7 nitrogen and oxygen atoms in total. The summed E-state index contributed by atoms with van der Waals surface area (Å²) in [6, 6.07) is 0.495. The van der Waals surface area contributed by atoms with Gasteiger partial charge in [0.25, 0.3) is 0 Å². The molecule has 19 heavy (non-hydrogen) atoms. The Morgan fingerprint density at radius 3 is 2.58 bits per heavy atom. The predicted octanol–water partition coefficient (Wildman–Crippen LogP) is 1.18. The number of aromatic nitrogens is 5. The van der Waals surface area contributed by atoms with Crippen LogP contribution in [0.15, 0.2) is 0 Å². The van der Waals surface area contributed by atoms with Gasteiger partial charge in [0.05, 0.1) is 0 Å². The lowest BCUT2D eigenvalue weighted by atomic mass is 10.2. The molecule has 0 spiro atoms. The van der Waals surface area contributed by atoms with Gasteiger partial charge in [0, 0.05) is 27.2 Å². The molecule has 0 aliphatic heterocycles. The van der Waals surface area contributed by atoms with Crippen molar-refractivity contribution >= 4 is 22.9 Å². The number of rotatable bonds is 3. The standard InChI is InChI=1S/C12H19N7/c1-18(2)12-14-10(13-8-6-4-5-7-8)9-11(15-12)17-19(3)16-9/h8H,4-7H2,1-3H3,(H,13,14,15,17). The van der Waals surface area contributed by atoms with Gasteiger partial charge in [-0.25, -0.2) is 0 Å². The quantitative estimate of drug-likeness (QED) is 0.894. The van der Waals surface area contributed by atoms with Crippen molar-refractivity contribution in [3.63, 3.8) is 0 Å². The predicted molar refractivity (Wildman–Crippen MR) is 74.3 cm³/mol. The summed E-state index contributed by atoms with van der Waals surface area (Å²) in [5.74, 6) is 1.46. The summed E-state index contributed by atoms with van der Waals surface area (Å²) in [4.78, 5) is 12.4. The van der Waals surface area contributed by atoms with E-state index in [0.717, 1.165) is 11.3 Å². The monoisotopic (exact) mass is 261 g/mol. The highest BCUT2D eigenvalue weighted by molar-refractivity contribution is 5.83. The van der Waals surface area contributed by atoms with E-state index in [1.54, 1.807) is 11.8 Å². The van der Waals surface area contributed by atoms with Crippen molar-refractivity contribution in [2.24, 2.45) is 7.05 Å². The molecule has 1 N–H and O–H groups in total. The summed E-state index contributed by atoms with van der Waals surface area (Å²) in [7, 11) is 5.66. The fraction of sp³-hybridized carbons (Fsp3) is 0.667. The molecule has 1 aliphatic rings. The fourth-order valence-corrected chi connectivity index (χ4v) is 2.46. The molecule has 2 aromatic rings. The van der Waals surface area contributed by atoms with Gasteiger partial charge in [-0.1, -0.05) is 12.8 Å². The van der Waals surface area contributed by atoms with Crippen LogP contribution in [0.5, 0.6) is 0 Å². The molecule has 1 saturated carbocycles. The van der Waals surface area contributed by atoms with Gasteiger partial charge < -0.3 is 10.2 Å². The van der Waals surface area contributed by atoms with Gasteiger partial charge >= 0.3 is 0 Å². The molecule has 3 rings (SSSR count). The average Bonchev–Trinajstić information content (AvgIpc) is 2.97. The largest absolute Gasteiger partial charge is 0.365 e. The fourth-order valence-electron chi connectivity index (χ4n) is 2.46. The molecule has 2 aromatic heterocycles. The Labute approximate surface area is 112 Å². The molecule has 0 atom stereocenters. The van der Waals surface area contributed by atoms with E-state index in [1.807, 2.05) is 19.0 Å². The van der Waals surface area contributed by atoms with Crippen LogP contribution in [0.2, 0.25) is 0 Å². The number of nitrogens with zero attached hydrogens (tertiary/aromatic N) is 6. The zero-order valence-corrected chi connectivity index (χ0v) is 11.6. The maximum absolute atomic E-state index is 4.57. The van der Waals surface area contributed by atoms with E-state index in [1.165, 1.54) is 25.7 Å². The van der Waals surface area contributed by atoms with Gasteiger partial charge in [-0.2, -0.15) is 14.8 Å². The van der Waals surface area contributed by atoms with E-state index in [9.17, 15) is 0 Å². The lowest BCUT2D eigenvalue weighted by Crippen LogP contribution is -2.18. The third kappa shape index (κ3) is 2.32. The Kier molecular flexibility index (Phi) is 2.96. The molecule has 7 heteroatoms. The summed E-state index contributed by atoms with van der Waals surface area (Å²) in [6.45, 7) is 0. The zero-order valence-electron chi connectivity index (χ0n) is 11.6. The van der Waals surface area contributed by atoms with Gasteiger partial charge in [0.1, 0.15) is 0 Å². The molecule has 0 aromatic carbocycles. The lowest BCUT2D eigenvalue weighted by molar-refractivity contribution is 0.663. The highest BCUT2D eigenvalue weighted by Crippen LogP contribution is 2.25. The molecule has 0 radical (unpaired) electrons. The summed E-state index contributed by atoms with van der Waals surface area (Å²) in [5, 5.41) is 12.1. The first-order valence-electron chi connectivity index (χ1n) is 6.66. The molecule has 102 valence electrons. The third-order valence-electron chi connectivity index (χ3n) is 3.43. The van der Waals surface area contributed by atoms with Crippen LogP contribution >= 0.6 is 0 Å². The van der Waals surface area contributed by atoms with E-state index < -0.39 is 0 Å². The van der Waals surface area contributed by atoms with E-state index >= 15 is 0 Å². The molecular formula is C12H19N7. The minimum Gasteiger partial charge on any atom is -0.365 e. The molecule has 0 saturated heterocycles. The average molecular weight is 261 g/mol. The zero-order chi connectivity index (χ0) is 13.4. The maximum Gasteiger partial charge on any atom is 0.229 e. The normalized spacial score (nSPS) is 16.2. The smallest absolute Gasteiger partial charge is 0.229 e. The highest BCUT2D eigenvalue weighted by atomic mass is 15.5. The van der Waals surface area contributed by atoms with E-state index in [0.29, 0.717) is 17.6 Å².